The molecule has 2 aromatic heterocycles. The van der Waals surface area contributed by atoms with E-state index in [1.807, 2.05) is 5.32 Å². The van der Waals surface area contributed by atoms with Crippen molar-refractivity contribution >= 4 is 34.4 Å². The van der Waals surface area contributed by atoms with Gasteiger partial charge in [0.2, 0.25) is 5.52 Å². The molecule has 4 rings (SSSR count). The maximum absolute atomic E-state index is 12.4. The van der Waals surface area contributed by atoms with Crippen LogP contribution in [0.5, 0.6) is 0 Å². The Morgan fingerprint density at radius 1 is 1.20 bits per heavy atom. The van der Waals surface area contributed by atoms with Gasteiger partial charge in [0.15, 0.2) is 0 Å². The maximum atomic E-state index is 12.4. The number of anilines is 1. The maximum Gasteiger partial charge on any atom is 0.324 e. The molecule has 2 amide bonds. The highest BCUT2D eigenvalue weighted by Gasteiger charge is 2.34. The molecule has 3 N–H and O–H groups in total. The van der Waals surface area contributed by atoms with Crippen LogP contribution in [0.1, 0.15) is 20.7 Å². The number of aromatic nitrogens is 3. The number of hydrogen-bond acceptors (Lipinski definition) is 9. The Kier molecular flexibility index (Phi) is 2.73. The number of nitrogens with zero attached hydrogens (tertiary/aromatic N) is 4. The topological polar surface area (TPSA) is 176 Å². The Bertz CT molecular complexity index is 1180. The van der Waals surface area contributed by atoms with Gasteiger partial charge in [-0.25, -0.2) is 4.63 Å². The quantitative estimate of drug-likeness (QED) is 0.361. The van der Waals surface area contributed by atoms with Crippen molar-refractivity contribution in [3.8, 4) is 5.69 Å². The lowest BCUT2D eigenvalue weighted by atomic mass is 10.1. The minimum atomic E-state index is -0.819. The summed E-state index contributed by atoms with van der Waals surface area (Å²) < 4.78 is 5.25. The molecule has 25 heavy (non-hydrogen) atoms. The van der Waals surface area contributed by atoms with Gasteiger partial charge in [0.05, 0.1) is 16.1 Å². The van der Waals surface area contributed by atoms with Crippen LogP contribution in [0.3, 0.4) is 0 Å². The molecule has 0 fully saturated rings. The number of amides is 2. The average molecular weight is 342 g/mol. The lowest BCUT2D eigenvalue weighted by Crippen LogP contribution is -2.24. The Morgan fingerprint density at radius 3 is 2.68 bits per heavy atom. The number of nitro groups is 1. The van der Waals surface area contributed by atoms with E-state index in [4.69, 9.17) is 5.73 Å². The summed E-state index contributed by atoms with van der Waals surface area (Å²) in [7, 11) is 0. The number of nitrogens with one attached hydrogen (secondary N) is 1. The second kappa shape index (κ2) is 4.70. The molecule has 0 saturated carbocycles. The number of pyridine rings is 1. The average Bonchev–Trinajstić information content (AvgIpc) is 3.11. The molecule has 12 heteroatoms. The van der Waals surface area contributed by atoms with Gasteiger partial charge >= 0.3 is 5.69 Å². The number of fused-ring (bicyclic) bond motifs is 2. The first-order valence-electron chi connectivity index (χ1n) is 6.71. The molecule has 0 radical (unpaired) electrons. The van der Waals surface area contributed by atoms with Crippen molar-refractivity contribution in [2.24, 2.45) is 0 Å². The second-order valence-corrected chi connectivity index (χ2v) is 5.10. The van der Waals surface area contributed by atoms with E-state index in [9.17, 15) is 24.5 Å². The number of carbonyl (C=O) groups excluding carboxylic acids is 2. The summed E-state index contributed by atoms with van der Waals surface area (Å²) in [5.41, 5.74) is 3.77. The predicted molar refractivity (Wildman–Crippen MR) is 80.3 cm³/mol. The van der Waals surface area contributed by atoms with E-state index >= 15 is 0 Å². The zero-order valence-corrected chi connectivity index (χ0v) is 12.0. The molecule has 12 nitrogen and oxygen atoms in total. The summed E-state index contributed by atoms with van der Waals surface area (Å²) >= 11 is 0. The Hall–Kier alpha value is -4.09. The van der Waals surface area contributed by atoms with Crippen LogP contribution < -0.4 is 16.6 Å². The van der Waals surface area contributed by atoms with Crippen LogP contribution in [0.25, 0.3) is 16.7 Å². The van der Waals surface area contributed by atoms with Crippen molar-refractivity contribution in [3.05, 3.63) is 49.8 Å². The molecule has 0 unspecified atom stereocenters. The number of benzene rings is 1. The van der Waals surface area contributed by atoms with Crippen LogP contribution in [0.15, 0.2) is 27.6 Å². The third kappa shape index (κ3) is 1.84. The second-order valence-electron chi connectivity index (χ2n) is 5.10. The van der Waals surface area contributed by atoms with Gasteiger partial charge in [-0.2, -0.15) is 0 Å². The van der Waals surface area contributed by atoms with E-state index in [-0.39, 0.29) is 27.8 Å². The molecule has 1 aliphatic heterocycles. The van der Waals surface area contributed by atoms with Gasteiger partial charge in [0.1, 0.15) is 17.0 Å². The number of nitro benzene ring substituents is 1. The Labute approximate surface area is 135 Å². The Balaban J connectivity index is 2.12. The van der Waals surface area contributed by atoms with E-state index in [0.717, 1.165) is 10.6 Å². The van der Waals surface area contributed by atoms with Gasteiger partial charge < -0.3 is 5.73 Å². The van der Waals surface area contributed by atoms with Gasteiger partial charge in [0, 0.05) is 6.07 Å². The summed E-state index contributed by atoms with van der Waals surface area (Å²) in [6, 6.07) is 3.46. The highest BCUT2D eigenvalue weighted by molar-refractivity contribution is 6.23. The molecule has 0 spiro atoms. The van der Waals surface area contributed by atoms with Crippen LogP contribution in [0.2, 0.25) is 0 Å². The van der Waals surface area contributed by atoms with Crippen LogP contribution >= 0.6 is 0 Å². The van der Waals surface area contributed by atoms with Crippen LogP contribution in [0, 0.1) is 10.1 Å². The van der Waals surface area contributed by atoms with Crippen LogP contribution in [-0.4, -0.2) is 31.6 Å². The first kappa shape index (κ1) is 14.5. The number of rotatable bonds is 2. The van der Waals surface area contributed by atoms with Gasteiger partial charge in [-0.3, -0.25) is 34.4 Å². The number of hydrogen-bond donors (Lipinski definition) is 2. The smallest absolute Gasteiger partial charge is 0.324 e. The highest BCUT2D eigenvalue weighted by Crippen LogP contribution is 2.32. The molecule has 0 atom stereocenters. The number of carbonyl (C=O) groups is 2. The fourth-order valence-corrected chi connectivity index (χ4v) is 2.72. The summed E-state index contributed by atoms with van der Waals surface area (Å²) in [6.07, 6.45) is 0. The number of imide groups is 1. The van der Waals surface area contributed by atoms with Crippen molar-refractivity contribution in [2.45, 2.75) is 0 Å². The van der Waals surface area contributed by atoms with Crippen molar-refractivity contribution in [1.82, 2.24) is 20.2 Å². The van der Waals surface area contributed by atoms with Crippen LogP contribution in [0.4, 0.5) is 11.5 Å². The molecule has 3 aromatic rings. The summed E-state index contributed by atoms with van der Waals surface area (Å²) in [6.45, 7) is 0. The third-order valence-electron chi connectivity index (χ3n) is 3.76. The Morgan fingerprint density at radius 2 is 1.96 bits per heavy atom. The fraction of sp³-hybridized carbons (Fsp3) is 0. The fourth-order valence-electron chi connectivity index (χ4n) is 2.72. The van der Waals surface area contributed by atoms with Crippen LogP contribution in [-0.2, 0) is 0 Å². The summed E-state index contributed by atoms with van der Waals surface area (Å²) in [4.78, 5) is 46.7. The molecule has 3 heterocycles. The zero-order chi connectivity index (χ0) is 17.9. The molecule has 124 valence electrons. The van der Waals surface area contributed by atoms with E-state index in [1.54, 1.807) is 0 Å². The standard InChI is InChI=1S/C13H6N6O6/c14-11-8-4(12(21)15-13(8)22)3-7(20)18(11)6-2-1-5-9(17-25-16-5)10(6)19(23)24/h1-3H,14H2,(H,15,21,22). The first-order valence-corrected chi connectivity index (χ1v) is 6.71. The van der Waals surface area contributed by atoms with Crippen molar-refractivity contribution in [3.63, 3.8) is 0 Å². The van der Waals surface area contributed by atoms with Gasteiger partial charge in [-0.05, 0) is 22.4 Å². The van der Waals surface area contributed by atoms with E-state index < -0.39 is 33.8 Å². The summed E-state index contributed by atoms with van der Waals surface area (Å²) in [5, 5.41) is 20.5. The minimum Gasteiger partial charge on any atom is -0.384 e. The van der Waals surface area contributed by atoms with E-state index in [0.29, 0.717) is 0 Å². The van der Waals surface area contributed by atoms with Crippen molar-refractivity contribution in [1.29, 1.82) is 0 Å². The van der Waals surface area contributed by atoms with Crippen molar-refractivity contribution < 1.29 is 19.1 Å². The lowest BCUT2D eigenvalue weighted by Gasteiger charge is -2.11. The van der Waals surface area contributed by atoms with E-state index in [1.165, 1.54) is 12.1 Å². The molecule has 0 saturated heterocycles. The molecule has 1 aliphatic rings. The largest absolute Gasteiger partial charge is 0.384 e. The summed E-state index contributed by atoms with van der Waals surface area (Å²) in [5.74, 6) is -1.95. The van der Waals surface area contributed by atoms with Gasteiger partial charge in [0.25, 0.3) is 17.4 Å². The zero-order valence-electron chi connectivity index (χ0n) is 12.0. The first-order chi connectivity index (χ1) is 11.9. The number of nitrogens with two attached hydrogens (primary N) is 1. The monoisotopic (exact) mass is 342 g/mol. The SMILES string of the molecule is Nc1c2c(cc(=O)n1-c1ccc3nonc3c1[N+](=O)[O-])C(=O)NC2=O. The normalized spacial score (nSPS) is 13.1. The van der Waals surface area contributed by atoms with Gasteiger partial charge in [-0.1, -0.05) is 0 Å². The molecule has 0 bridgehead atoms. The predicted octanol–water partition coefficient (Wildman–Crippen LogP) is -0.252. The highest BCUT2D eigenvalue weighted by atomic mass is 16.6. The molecular weight excluding hydrogens is 336 g/mol. The minimum absolute atomic E-state index is 0.108. The van der Waals surface area contributed by atoms with E-state index in [2.05, 4.69) is 14.9 Å². The van der Waals surface area contributed by atoms with Gasteiger partial charge in [-0.15, -0.1) is 0 Å². The molecule has 0 aliphatic carbocycles. The third-order valence-corrected chi connectivity index (χ3v) is 3.76. The molecular formula is C13H6N6O6. The van der Waals surface area contributed by atoms with Crippen molar-refractivity contribution in [2.75, 3.05) is 5.73 Å². The lowest BCUT2D eigenvalue weighted by molar-refractivity contribution is -0.383. The number of nitrogen functional groups attached to an aromatic ring is 1. The molecule has 1 aromatic carbocycles.